The van der Waals surface area contributed by atoms with Crippen LogP contribution in [0.4, 0.5) is 0 Å². The van der Waals surface area contributed by atoms with E-state index in [2.05, 4.69) is 17.7 Å². The second-order valence-electron chi connectivity index (χ2n) is 5.71. The maximum Gasteiger partial charge on any atom is 0.226 e. The average molecular weight is 357 g/mol. The molecule has 3 rings (SSSR count). The predicted octanol–water partition coefficient (Wildman–Crippen LogP) is 0.956. The van der Waals surface area contributed by atoms with Crippen molar-refractivity contribution in [2.75, 3.05) is 6.54 Å². The van der Waals surface area contributed by atoms with Crippen molar-refractivity contribution in [1.82, 2.24) is 10.7 Å². The third kappa shape index (κ3) is 3.36. The Morgan fingerprint density at radius 1 is 1.35 bits per heavy atom. The molecule has 0 radical (unpaired) electrons. The quantitative estimate of drug-likeness (QED) is 0.645. The molecule has 3 fully saturated rings. The van der Waals surface area contributed by atoms with Gasteiger partial charge in [0.25, 0.3) is 0 Å². The summed E-state index contributed by atoms with van der Waals surface area (Å²) in [7, 11) is 0. The van der Waals surface area contributed by atoms with Gasteiger partial charge in [0.15, 0.2) is 5.50 Å². The van der Waals surface area contributed by atoms with Gasteiger partial charge in [0.1, 0.15) is 6.54 Å². The summed E-state index contributed by atoms with van der Waals surface area (Å²) in [5.41, 5.74) is 3.43. The van der Waals surface area contributed by atoms with E-state index < -0.39 is 0 Å². The Morgan fingerprint density at radius 3 is 2.85 bits per heavy atom. The van der Waals surface area contributed by atoms with E-state index in [9.17, 15) is 4.79 Å². The number of amides is 1. The zero-order chi connectivity index (χ0) is 14.3. The second-order valence-corrected chi connectivity index (χ2v) is 9.95. The lowest BCUT2D eigenvalue weighted by atomic mass is 9.88. The second kappa shape index (κ2) is 6.42. The van der Waals surface area contributed by atoms with Crippen molar-refractivity contribution in [2.24, 2.45) is 5.92 Å². The van der Waals surface area contributed by atoms with Gasteiger partial charge in [0.05, 0.1) is 11.2 Å². The van der Waals surface area contributed by atoms with Crippen LogP contribution in [0.5, 0.6) is 0 Å². The fourth-order valence-corrected chi connectivity index (χ4v) is 7.01. The van der Waals surface area contributed by atoms with Crippen LogP contribution in [0.15, 0.2) is 0 Å². The van der Waals surface area contributed by atoms with E-state index in [0.29, 0.717) is 9.96 Å². The average Bonchev–Trinajstić information content (AvgIpc) is 2.85. The van der Waals surface area contributed by atoms with Crippen LogP contribution in [-0.4, -0.2) is 38.7 Å². The van der Waals surface area contributed by atoms with Gasteiger partial charge < -0.3 is 5.32 Å². The van der Waals surface area contributed by atoms with Crippen LogP contribution >= 0.6 is 46.7 Å². The standard InChI is InChI=1S/C12H19Cl2N3OS2/c1-6-5-17-12(19-6)20-11(16-17)15-10(18)8-3-2-7(13)4-9(8)14/h6-9,11-12,16H,2-5H2,1H3,(H,15,18)/p+1. The van der Waals surface area contributed by atoms with E-state index in [4.69, 9.17) is 23.2 Å². The molecule has 3 N–H and O–H groups in total. The minimum Gasteiger partial charge on any atom is -0.327 e. The normalized spacial score (nSPS) is 48.0. The van der Waals surface area contributed by atoms with Gasteiger partial charge in [-0.3, -0.25) is 4.79 Å². The van der Waals surface area contributed by atoms with E-state index in [1.54, 1.807) is 11.8 Å². The number of quaternary nitrogens is 1. The maximum absolute atomic E-state index is 12.3. The van der Waals surface area contributed by atoms with Gasteiger partial charge in [-0.15, -0.1) is 28.6 Å². The number of alkyl halides is 2. The zero-order valence-electron chi connectivity index (χ0n) is 11.3. The molecule has 0 aromatic carbocycles. The Balaban J connectivity index is 1.50. The summed E-state index contributed by atoms with van der Waals surface area (Å²) in [4.78, 5) is 12.3. The summed E-state index contributed by atoms with van der Waals surface area (Å²) >= 11 is 16.1. The summed E-state index contributed by atoms with van der Waals surface area (Å²) in [6, 6.07) is 0. The first-order valence-corrected chi connectivity index (χ1v) is 9.80. The highest BCUT2D eigenvalue weighted by Gasteiger charge is 2.45. The van der Waals surface area contributed by atoms with Crippen molar-refractivity contribution < 1.29 is 9.80 Å². The molecule has 7 unspecified atom stereocenters. The van der Waals surface area contributed by atoms with Gasteiger partial charge in [-0.25, -0.2) is 5.01 Å². The molecule has 7 atom stereocenters. The summed E-state index contributed by atoms with van der Waals surface area (Å²) in [5.74, 6) is -0.0386. The van der Waals surface area contributed by atoms with Gasteiger partial charge in [0.2, 0.25) is 10.6 Å². The number of fused-ring (bicyclic) bond motifs is 1. The first-order valence-electron chi connectivity index (χ1n) is 7.04. The highest BCUT2D eigenvalue weighted by molar-refractivity contribution is 8.17. The summed E-state index contributed by atoms with van der Waals surface area (Å²) in [5, 5.41) is 5.11. The fraction of sp³-hybridized carbons (Fsp3) is 0.917. The van der Waals surface area contributed by atoms with Crippen LogP contribution in [0.3, 0.4) is 0 Å². The molecular weight excluding hydrogens is 337 g/mol. The first kappa shape index (κ1) is 15.6. The first-order chi connectivity index (χ1) is 9.52. The topological polar surface area (TPSA) is 45.6 Å². The smallest absolute Gasteiger partial charge is 0.226 e. The molecule has 4 nitrogen and oxygen atoms in total. The number of hydrogen-bond acceptors (Lipinski definition) is 4. The summed E-state index contributed by atoms with van der Waals surface area (Å²) in [6.07, 6.45) is 2.39. The predicted molar refractivity (Wildman–Crippen MR) is 86.0 cm³/mol. The van der Waals surface area contributed by atoms with Crippen molar-refractivity contribution in [3.8, 4) is 0 Å². The molecule has 20 heavy (non-hydrogen) atoms. The summed E-state index contributed by atoms with van der Waals surface area (Å²) < 4.78 is 0.487. The number of carbonyl (C=O) groups excluding carboxylic acids is 1. The number of halogens is 2. The Bertz CT molecular complexity index is 376. The largest absolute Gasteiger partial charge is 0.327 e. The van der Waals surface area contributed by atoms with Gasteiger partial charge >= 0.3 is 0 Å². The highest BCUT2D eigenvalue weighted by Crippen LogP contribution is 2.33. The third-order valence-corrected chi connectivity index (χ3v) is 7.79. The van der Waals surface area contributed by atoms with Crippen molar-refractivity contribution in [2.45, 2.75) is 52.4 Å². The molecule has 1 saturated carbocycles. The minimum absolute atomic E-state index is 0.0000849. The molecule has 2 aliphatic heterocycles. The number of rotatable bonds is 2. The highest BCUT2D eigenvalue weighted by atomic mass is 35.5. The number of nitrogens with one attached hydrogen (secondary N) is 3. The molecule has 114 valence electrons. The number of thioether (sulfide) groups is 2. The van der Waals surface area contributed by atoms with E-state index in [1.165, 1.54) is 5.01 Å². The summed E-state index contributed by atoms with van der Waals surface area (Å²) in [6.45, 7) is 3.35. The van der Waals surface area contributed by atoms with Gasteiger partial charge in [-0.2, -0.15) is 0 Å². The lowest BCUT2D eigenvalue weighted by Crippen LogP contribution is -3.18. The Labute approximate surface area is 138 Å². The molecule has 0 aromatic rings. The third-order valence-electron chi connectivity index (χ3n) is 4.04. The van der Waals surface area contributed by atoms with E-state index >= 15 is 0 Å². The van der Waals surface area contributed by atoms with Crippen LogP contribution in [0.2, 0.25) is 0 Å². The molecule has 0 spiro atoms. The van der Waals surface area contributed by atoms with Crippen LogP contribution in [-0.2, 0) is 4.79 Å². The molecule has 1 aliphatic carbocycles. The molecular formula is C12H20Cl2N3OS2+. The molecule has 0 bridgehead atoms. The van der Waals surface area contributed by atoms with Crippen LogP contribution in [0, 0.1) is 5.92 Å². The van der Waals surface area contributed by atoms with Crippen LogP contribution in [0.25, 0.3) is 0 Å². The minimum atomic E-state index is -0.140. The van der Waals surface area contributed by atoms with Crippen molar-refractivity contribution in [3.63, 3.8) is 0 Å². The monoisotopic (exact) mass is 356 g/mol. The Hall–Kier alpha value is 0.670. The van der Waals surface area contributed by atoms with Crippen molar-refractivity contribution >= 4 is 52.6 Å². The molecule has 3 aliphatic rings. The fourth-order valence-electron chi connectivity index (χ4n) is 2.98. The lowest BCUT2D eigenvalue weighted by molar-refractivity contribution is -0.932. The Kier molecular flexibility index (Phi) is 5.00. The Morgan fingerprint density at radius 2 is 2.15 bits per heavy atom. The molecule has 2 saturated heterocycles. The SMILES string of the molecule is CC1C[NH+]2NC(NC(=O)C3CCC(Cl)CC3Cl)SC2S1. The number of hydrogen-bond donors (Lipinski definition) is 3. The van der Waals surface area contributed by atoms with Gasteiger partial charge in [0, 0.05) is 10.8 Å². The van der Waals surface area contributed by atoms with Crippen LogP contribution < -0.4 is 15.8 Å². The van der Waals surface area contributed by atoms with E-state index in [0.717, 1.165) is 25.8 Å². The van der Waals surface area contributed by atoms with E-state index in [1.807, 2.05) is 11.8 Å². The molecule has 2 heterocycles. The molecule has 8 heteroatoms. The zero-order valence-corrected chi connectivity index (χ0v) is 14.4. The molecule has 1 amide bonds. The van der Waals surface area contributed by atoms with Gasteiger partial charge in [-0.05, 0) is 37.9 Å². The lowest BCUT2D eigenvalue weighted by Gasteiger charge is -2.29. The van der Waals surface area contributed by atoms with Crippen molar-refractivity contribution in [1.29, 1.82) is 0 Å². The number of carbonyl (C=O) groups is 1. The van der Waals surface area contributed by atoms with Crippen LogP contribution in [0.1, 0.15) is 26.2 Å². The molecule has 0 aromatic heterocycles. The van der Waals surface area contributed by atoms with Crippen molar-refractivity contribution in [3.05, 3.63) is 0 Å². The van der Waals surface area contributed by atoms with E-state index in [-0.39, 0.29) is 28.1 Å². The van der Waals surface area contributed by atoms with Gasteiger partial charge in [-0.1, -0.05) is 11.8 Å². The maximum atomic E-state index is 12.3.